The van der Waals surface area contributed by atoms with Gasteiger partial charge < -0.3 is 0 Å². The second-order valence-corrected chi connectivity index (χ2v) is 4.58. The van der Waals surface area contributed by atoms with Crippen LogP contribution in [0.5, 0.6) is 0 Å². The molecule has 6 heavy (non-hydrogen) atoms. The fourth-order valence-electron chi connectivity index (χ4n) is 0. The molecule has 0 radical (unpaired) electrons. The number of hydrogen-bond acceptors (Lipinski definition) is 2. The van der Waals surface area contributed by atoms with Crippen LogP contribution in [0.2, 0.25) is 0 Å². The average molecular weight is 333 g/mol. The van der Waals surface area contributed by atoms with Gasteiger partial charge in [0.25, 0.3) is 0 Å². The summed E-state index contributed by atoms with van der Waals surface area (Å²) in [5, 5.41) is 0. The molecule has 0 amide bonds. The normalized spacial score (nSPS) is 9.67. The molecule has 0 aromatic heterocycles. The van der Waals surface area contributed by atoms with Gasteiger partial charge in [-0.1, -0.05) is 0 Å². The van der Waals surface area contributed by atoms with Crippen molar-refractivity contribution in [3.63, 3.8) is 0 Å². The van der Waals surface area contributed by atoms with Gasteiger partial charge in [-0.2, -0.15) is 8.42 Å². The maximum absolute atomic E-state index is 9.17. The van der Waals surface area contributed by atoms with Gasteiger partial charge in [-0.15, -0.1) is 0 Å². The number of hydrogen-bond donors (Lipinski definition) is 1. The van der Waals surface area contributed by atoms with E-state index in [1.807, 2.05) is 0 Å². The summed E-state index contributed by atoms with van der Waals surface area (Å²) in [6, 6.07) is 0. The molecule has 0 spiro atoms. The quantitative estimate of drug-likeness (QED) is 0.269. The summed E-state index contributed by atoms with van der Waals surface area (Å²) in [5.41, 5.74) is 0. The van der Waals surface area contributed by atoms with Gasteiger partial charge in [-0.05, 0) is 0 Å². The molecular formula is H4IO3SSb. The second kappa shape index (κ2) is 3.46. The molecule has 0 fully saturated rings. The van der Waals surface area contributed by atoms with E-state index < -0.39 is 7.29 Å². The molecule has 0 aliphatic rings. The number of rotatable bonds is 0. The summed E-state index contributed by atoms with van der Waals surface area (Å²) in [5.74, 6) is 0. The Hall–Kier alpha value is 1.46. The molecule has 0 bridgehead atoms. The van der Waals surface area contributed by atoms with E-state index in [1.165, 1.54) is 0 Å². The van der Waals surface area contributed by atoms with E-state index >= 15 is 0 Å². The molecule has 0 aromatic carbocycles. The molecule has 0 saturated heterocycles. The minimum absolute atomic E-state index is 0. The van der Waals surface area contributed by atoms with Crippen molar-refractivity contribution in [1.82, 2.24) is 0 Å². The summed E-state index contributed by atoms with van der Waals surface area (Å²) in [4.78, 5) is 0. The van der Waals surface area contributed by atoms with Gasteiger partial charge in [0, 0.05) is 0 Å². The second-order valence-electron chi connectivity index (χ2n) is 0.412. The molecule has 0 rings (SSSR count). The molecule has 40 valence electrons. The Kier molecular flexibility index (Phi) is 6.02. The van der Waals surface area contributed by atoms with Crippen molar-refractivity contribution in [1.29, 1.82) is 0 Å². The van der Waals surface area contributed by atoms with Crippen molar-refractivity contribution in [2.24, 2.45) is 0 Å². The molecule has 0 heterocycles. The average Bonchev–Trinajstić information content (AvgIpc) is 0.722. The fraction of sp³-hybridized carbons (Fsp3) is 0. The van der Waals surface area contributed by atoms with E-state index in [-0.39, 0.29) is 24.4 Å². The fourth-order valence-corrected chi connectivity index (χ4v) is 0. The first-order valence-electron chi connectivity index (χ1n) is 0.670. The van der Waals surface area contributed by atoms with Crippen LogP contribution in [-0.4, -0.2) is 37.4 Å². The van der Waals surface area contributed by atoms with Crippen LogP contribution in [0.3, 0.4) is 0 Å². The van der Waals surface area contributed by atoms with E-state index in [9.17, 15) is 8.42 Å². The Morgan fingerprint density at radius 2 is 1.50 bits per heavy atom. The molecule has 0 saturated carbocycles. The SMILES string of the molecule is O=S(=O)(O)I.[SbH3]. The van der Waals surface area contributed by atoms with E-state index in [2.05, 4.69) is 0 Å². The van der Waals surface area contributed by atoms with Crippen LogP contribution in [0.25, 0.3) is 0 Å². The first-order valence-corrected chi connectivity index (χ1v) is 4.65. The zero-order valence-electron chi connectivity index (χ0n) is 2.76. The van der Waals surface area contributed by atoms with Gasteiger partial charge in [0.15, 0.2) is 0 Å². The van der Waals surface area contributed by atoms with Crippen LogP contribution in [0.15, 0.2) is 0 Å². The van der Waals surface area contributed by atoms with E-state index in [0.717, 1.165) is 21.2 Å². The van der Waals surface area contributed by atoms with Crippen LogP contribution in [0.1, 0.15) is 0 Å². The van der Waals surface area contributed by atoms with Crippen molar-refractivity contribution >= 4 is 52.9 Å². The van der Waals surface area contributed by atoms with Gasteiger partial charge in [-0.3, -0.25) is 4.55 Å². The van der Waals surface area contributed by atoms with Gasteiger partial charge in [-0.25, -0.2) is 0 Å². The molecule has 0 aromatic rings. The Morgan fingerprint density at radius 1 is 1.50 bits per heavy atom. The Morgan fingerprint density at radius 3 is 1.50 bits per heavy atom. The summed E-state index contributed by atoms with van der Waals surface area (Å²) < 4.78 is 25.8. The van der Waals surface area contributed by atoms with Gasteiger partial charge in [0.2, 0.25) is 0 Å². The molecule has 1 N–H and O–H groups in total. The van der Waals surface area contributed by atoms with Gasteiger partial charge >= 0.3 is 31.7 Å². The molecular weight excluding hydrogens is 329 g/mol. The summed E-state index contributed by atoms with van der Waals surface area (Å²) >= 11 is 0.905. The first-order chi connectivity index (χ1) is 2.00. The van der Waals surface area contributed by atoms with Crippen LogP contribution in [-0.2, 0) is 7.29 Å². The predicted molar refractivity (Wildman–Crippen MR) is 35.5 cm³/mol. The molecule has 0 unspecified atom stereocenters. The topological polar surface area (TPSA) is 54.4 Å². The van der Waals surface area contributed by atoms with Crippen LogP contribution < -0.4 is 0 Å². The molecule has 0 aliphatic heterocycles. The van der Waals surface area contributed by atoms with Crippen molar-refractivity contribution in [2.45, 2.75) is 0 Å². The molecule has 3 nitrogen and oxygen atoms in total. The Bertz CT molecular complexity index is 94.0. The van der Waals surface area contributed by atoms with Gasteiger partial charge in [0.1, 0.15) is 21.2 Å². The zero-order chi connectivity index (χ0) is 4.50. The van der Waals surface area contributed by atoms with Crippen LogP contribution in [0.4, 0.5) is 0 Å². The van der Waals surface area contributed by atoms with Crippen molar-refractivity contribution in [2.75, 3.05) is 0 Å². The Balaban J connectivity index is 0. The van der Waals surface area contributed by atoms with Crippen LogP contribution >= 0.6 is 21.2 Å². The van der Waals surface area contributed by atoms with Crippen molar-refractivity contribution < 1.29 is 13.0 Å². The van der Waals surface area contributed by atoms with Crippen molar-refractivity contribution in [3.05, 3.63) is 0 Å². The maximum atomic E-state index is 9.17. The summed E-state index contributed by atoms with van der Waals surface area (Å²) in [7, 11) is -3.70. The third-order valence-corrected chi connectivity index (χ3v) is 0. The first kappa shape index (κ1) is 10.4. The zero-order valence-corrected chi connectivity index (χ0v) is 9.77. The third-order valence-electron chi connectivity index (χ3n) is 0. The minimum atomic E-state index is -3.70. The Labute approximate surface area is 65.3 Å². The summed E-state index contributed by atoms with van der Waals surface area (Å²) in [6.45, 7) is 0. The molecule has 0 aliphatic carbocycles. The van der Waals surface area contributed by atoms with Gasteiger partial charge in [0.05, 0.1) is 0 Å². The third kappa shape index (κ3) is 51.0. The van der Waals surface area contributed by atoms with E-state index in [0.29, 0.717) is 0 Å². The molecule has 6 heteroatoms. The standard InChI is InChI=1S/HIO3S.Sb.3H/c1-5(2,3)4;;;;/h(H,2,3,4);;;;. The van der Waals surface area contributed by atoms with Crippen molar-refractivity contribution in [3.8, 4) is 0 Å². The van der Waals surface area contributed by atoms with E-state index in [4.69, 9.17) is 4.55 Å². The summed E-state index contributed by atoms with van der Waals surface area (Å²) in [6.07, 6.45) is 0. The molecule has 0 atom stereocenters. The number of halogens is 1. The van der Waals surface area contributed by atoms with Crippen LogP contribution in [0, 0.1) is 0 Å². The monoisotopic (exact) mass is 332 g/mol. The van der Waals surface area contributed by atoms with E-state index in [1.54, 1.807) is 0 Å². The predicted octanol–water partition coefficient (Wildman–Crippen LogP) is -0.960.